The van der Waals surface area contributed by atoms with Gasteiger partial charge in [0.15, 0.2) is 5.11 Å². The number of alkyl halides is 3. The SMILES string of the molecule is O=C(NC(NC(=S)Nc1cccc(O)c1)C(Cl)(Cl)Cl)C(c1ccccc1)c1ccccc1. The van der Waals surface area contributed by atoms with Gasteiger partial charge in [0.1, 0.15) is 11.9 Å². The molecule has 1 unspecified atom stereocenters. The molecule has 32 heavy (non-hydrogen) atoms. The first-order valence-electron chi connectivity index (χ1n) is 9.57. The highest BCUT2D eigenvalue weighted by molar-refractivity contribution is 7.80. The Kier molecular flexibility index (Phi) is 8.21. The van der Waals surface area contributed by atoms with E-state index in [0.29, 0.717) is 5.69 Å². The van der Waals surface area contributed by atoms with E-state index in [-0.39, 0.29) is 16.8 Å². The Labute approximate surface area is 206 Å². The van der Waals surface area contributed by atoms with Crippen molar-refractivity contribution < 1.29 is 9.90 Å². The Morgan fingerprint density at radius 3 is 1.91 bits per heavy atom. The zero-order valence-electron chi connectivity index (χ0n) is 16.6. The maximum atomic E-state index is 13.4. The third-order valence-electron chi connectivity index (χ3n) is 4.52. The van der Waals surface area contributed by atoms with E-state index in [0.717, 1.165) is 11.1 Å². The lowest BCUT2D eigenvalue weighted by atomic mass is 9.90. The summed E-state index contributed by atoms with van der Waals surface area (Å²) >= 11 is 23.7. The smallest absolute Gasteiger partial charge is 0.233 e. The van der Waals surface area contributed by atoms with Crippen LogP contribution in [0.15, 0.2) is 84.9 Å². The molecule has 1 atom stereocenters. The van der Waals surface area contributed by atoms with Crippen LogP contribution in [0.25, 0.3) is 0 Å². The quantitative estimate of drug-likeness (QED) is 0.206. The number of hydrogen-bond donors (Lipinski definition) is 4. The van der Waals surface area contributed by atoms with Crippen LogP contribution in [-0.4, -0.2) is 26.1 Å². The average Bonchev–Trinajstić information content (AvgIpc) is 2.74. The molecule has 4 N–H and O–H groups in total. The monoisotopic (exact) mass is 507 g/mol. The first-order valence-corrected chi connectivity index (χ1v) is 11.1. The Bertz CT molecular complexity index is 1020. The van der Waals surface area contributed by atoms with E-state index >= 15 is 0 Å². The number of carbonyl (C=O) groups excluding carboxylic acids is 1. The van der Waals surface area contributed by atoms with Crippen LogP contribution in [0.3, 0.4) is 0 Å². The number of phenols is 1. The summed E-state index contributed by atoms with van der Waals surface area (Å²) in [7, 11) is 0. The molecular formula is C23H20Cl3N3O2S. The molecule has 9 heteroatoms. The van der Waals surface area contributed by atoms with Crippen LogP contribution in [0, 0.1) is 0 Å². The van der Waals surface area contributed by atoms with Crippen molar-refractivity contribution in [3.63, 3.8) is 0 Å². The summed E-state index contributed by atoms with van der Waals surface area (Å²) in [6.07, 6.45) is -1.13. The van der Waals surface area contributed by atoms with Crippen molar-refractivity contribution in [2.24, 2.45) is 0 Å². The number of nitrogens with one attached hydrogen (secondary N) is 3. The number of thiocarbonyl (C=S) groups is 1. The van der Waals surface area contributed by atoms with Gasteiger partial charge in [-0.3, -0.25) is 4.79 Å². The lowest BCUT2D eigenvalue weighted by molar-refractivity contribution is -0.122. The topological polar surface area (TPSA) is 73.4 Å². The average molecular weight is 509 g/mol. The normalized spacial score (nSPS) is 12.1. The van der Waals surface area contributed by atoms with E-state index in [1.165, 1.54) is 12.1 Å². The van der Waals surface area contributed by atoms with Crippen molar-refractivity contribution in [2.75, 3.05) is 5.32 Å². The van der Waals surface area contributed by atoms with E-state index in [1.54, 1.807) is 12.1 Å². The lowest BCUT2D eigenvalue weighted by Crippen LogP contribution is -2.57. The second-order valence-corrected chi connectivity index (χ2v) is 9.66. The summed E-state index contributed by atoms with van der Waals surface area (Å²) in [5, 5.41) is 18.2. The van der Waals surface area contributed by atoms with Gasteiger partial charge < -0.3 is 21.1 Å². The largest absolute Gasteiger partial charge is 0.508 e. The summed E-state index contributed by atoms with van der Waals surface area (Å²) in [4.78, 5) is 13.4. The zero-order chi connectivity index (χ0) is 23.1. The molecule has 0 aromatic heterocycles. The molecule has 0 heterocycles. The summed E-state index contributed by atoms with van der Waals surface area (Å²) in [6.45, 7) is 0. The molecule has 0 radical (unpaired) electrons. The predicted octanol–water partition coefficient (Wildman–Crippen LogP) is 5.32. The number of carbonyl (C=O) groups is 1. The maximum absolute atomic E-state index is 13.4. The molecule has 1 amide bonds. The number of halogens is 3. The van der Waals surface area contributed by atoms with Crippen molar-refractivity contribution in [1.29, 1.82) is 0 Å². The Hall–Kier alpha value is -2.51. The lowest BCUT2D eigenvalue weighted by Gasteiger charge is -2.29. The van der Waals surface area contributed by atoms with Gasteiger partial charge in [-0.2, -0.15) is 0 Å². The first kappa shape index (κ1) is 24.1. The van der Waals surface area contributed by atoms with Crippen molar-refractivity contribution >= 4 is 63.7 Å². The fourth-order valence-electron chi connectivity index (χ4n) is 3.09. The molecule has 166 valence electrons. The van der Waals surface area contributed by atoms with Crippen molar-refractivity contribution in [3.05, 3.63) is 96.1 Å². The molecule has 0 saturated carbocycles. The highest BCUT2D eigenvalue weighted by Gasteiger charge is 2.36. The minimum atomic E-state index is -1.90. The van der Waals surface area contributed by atoms with Crippen molar-refractivity contribution in [2.45, 2.75) is 15.9 Å². The van der Waals surface area contributed by atoms with Crippen molar-refractivity contribution in [3.8, 4) is 5.75 Å². The Balaban J connectivity index is 1.80. The predicted molar refractivity (Wildman–Crippen MR) is 134 cm³/mol. The van der Waals surface area contributed by atoms with Gasteiger partial charge in [-0.1, -0.05) is 102 Å². The van der Waals surface area contributed by atoms with Gasteiger partial charge >= 0.3 is 0 Å². The van der Waals surface area contributed by atoms with E-state index in [4.69, 9.17) is 47.0 Å². The number of benzene rings is 3. The van der Waals surface area contributed by atoms with Crippen LogP contribution in [0.4, 0.5) is 5.69 Å². The number of hydrogen-bond acceptors (Lipinski definition) is 3. The fraction of sp³-hybridized carbons (Fsp3) is 0.130. The van der Waals surface area contributed by atoms with Crippen LogP contribution in [0.5, 0.6) is 5.75 Å². The number of rotatable bonds is 6. The highest BCUT2D eigenvalue weighted by atomic mass is 35.6. The minimum absolute atomic E-state index is 0.0672. The van der Waals surface area contributed by atoms with Gasteiger partial charge in [-0.15, -0.1) is 0 Å². The van der Waals surface area contributed by atoms with E-state index in [2.05, 4.69) is 16.0 Å². The highest BCUT2D eigenvalue weighted by Crippen LogP contribution is 2.31. The van der Waals surface area contributed by atoms with Gasteiger partial charge in [0, 0.05) is 11.8 Å². The molecule has 0 aliphatic heterocycles. The Morgan fingerprint density at radius 1 is 0.844 bits per heavy atom. The molecule has 0 saturated heterocycles. The van der Waals surface area contributed by atoms with Gasteiger partial charge in [0.25, 0.3) is 0 Å². The number of anilines is 1. The second kappa shape index (κ2) is 10.9. The van der Waals surface area contributed by atoms with Gasteiger partial charge in [-0.25, -0.2) is 0 Å². The molecule has 3 aromatic rings. The summed E-state index contributed by atoms with van der Waals surface area (Å²) in [5.74, 6) is -0.925. The molecule has 0 spiro atoms. The molecule has 3 rings (SSSR count). The third-order valence-corrected chi connectivity index (χ3v) is 5.40. The number of aromatic hydroxyl groups is 1. The number of amides is 1. The van der Waals surface area contributed by atoms with Crippen LogP contribution in [-0.2, 0) is 4.79 Å². The van der Waals surface area contributed by atoms with Crippen LogP contribution in [0.1, 0.15) is 17.0 Å². The van der Waals surface area contributed by atoms with E-state index < -0.39 is 15.9 Å². The van der Waals surface area contributed by atoms with Crippen LogP contribution in [0.2, 0.25) is 0 Å². The van der Waals surface area contributed by atoms with Gasteiger partial charge in [-0.05, 0) is 35.5 Å². The summed E-state index contributed by atoms with van der Waals surface area (Å²) in [5.41, 5.74) is 2.11. The van der Waals surface area contributed by atoms with Crippen LogP contribution < -0.4 is 16.0 Å². The summed E-state index contributed by atoms with van der Waals surface area (Å²) < 4.78 is -1.90. The minimum Gasteiger partial charge on any atom is -0.508 e. The van der Waals surface area contributed by atoms with Gasteiger partial charge in [0.05, 0.1) is 5.92 Å². The molecule has 0 aliphatic carbocycles. The van der Waals surface area contributed by atoms with E-state index in [9.17, 15) is 9.90 Å². The molecule has 0 aliphatic rings. The molecule has 0 bridgehead atoms. The van der Waals surface area contributed by atoms with E-state index in [1.807, 2.05) is 60.7 Å². The van der Waals surface area contributed by atoms with Crippen LogP contribution >= 0.6 is 47.0 Å². The number of phenolic OH excluding ortho intramolecular Hbond substituents is 1. The summed E-state index contributed by atoms with van der Waals surface area (Å²) in [6, 6.07) is 25.0. The molecule has 3 aromatic carbocycles. The second-order valence-electron chi connectivity index (χ2n) is 6.89. The molecule has 5 nitrogen and oxygen atoms in total. The zero-order valence-corrected chi connectivity index (χ0v) is 19.7. The van der Waals surface area contributed by atoms with Gasteiger partial charge in [0.2, 0.25) is 9.70 Å². The first-order chi connectivity index (χ1) is 15.2. The van der Waals surface area contributed by atoms with Crippen molar-refractivity contribution in [1.82, 2.24) is 10.6 Å². The fourth-order valence-corrected chi connectivity index (χ4v) is 3.66. The third kappa shape index (κ3) is 6.74. The molecule has 0 fully saturated rings. The Morgan fingerprint density at radius 2 is 1.41 bits per heavy atom. The maximum Gasteiger partial charge on any atom is 0.233 e. The molecular weight excluding hydrogens is 489 g/mol. The standard InChI is InChI=1S/C23H20Cl3N3O2S/c24-23(25,26)21(29-22(32)27-17-12-7-13-18(30)14-17)28-20(31)19(15-8-3-1-4-9-15)16-10-5-2-6-11-16/h1-14,19,21,30H,(H,28,31)(H2,27,29,32).